The summed E-state index contributed by atoms with van der Waals surface area (Å²) in [5.74, 6) is 0. The second kappa shape index (κ2) is 14.3. The third kappa shape index (κ3) is 5.90. The van der Waals surface area contributed by atoms with Crippen LogP contribution in [0.3, 0.4) is 0 Å². The highest BCUT2D eigenvalue weighted by molar-refractivity contribution is 6.18. The number of nitrogens with zero attached hydrogens (tertiary/aromatic N) is 1. The van der Waals surface area contributed by atoms with E-state index in [9.17, 15) is 0 Å². The van der Waals surface area contributed by atoms with Crippen molar-refractivity contribution in [2.24, 2.45) is 0 Å². The highest BCUT2D eigenvalue weighted by Crippen LogP contribution is 2.44. The molecule has 0 amide bonds. The van der Waals surface area contributed by atoms with Crippen molar-refractivity contribution in [1.29, 1.82) is 0 Å². The van der Waals surface area contributed by atoms with Crippen molar-refractivity contribution in [3.05, 3.63) is 224 Å². The summed E-state index contributed by atoms with van der Waals surface area (Å²) in [5, 5.41) is 7.15. The third-order valence-corrected chi connectivity index (χ3v) is 11.8. The highest BCUT2D eigenvalue weighted by atomic mass is 16.3. The fourth-order valence-electron chi connectivity index (χ4n) is 9.04. The maximum atomic E-state index is 6.67. The van der Waals surface area contributed by atoms with Crippen LogP contribution < -0.4 is 4.90 Å². The summed E-state index contributed by atoms with van der Waals surface area (Å²) < 4.78 is 6.67. The molecule has 0 radical (unpaired) electrons. The van der Waals surface area contributed by atoms with Gasteiger partial charge in [-0.1, -0.05) is 176 Å². The fourth-order valence-corrected chi connectivity index (χ4v) is 9.04. The van der Waals surface area contributed by atoms with Crippen molar-refractivity contribution in [3.8, 4) is 33.4 Å². The van der Waals surface area contributed by atoms with Gasteiger partial charge in [0.05, 0.1) is 6.04 Å². The minimum Gasteiger partial charge on any atom is -0.455 e. The first-order valence-corrected chi connectivity index (χ1v) is 20.1. The molecule has 0 spiro atoms. The normalized spacial score (nSPS) is 14.0. The Bertz CT molecular complexity index is 3180. The molecule has 1 heterocycles. The van der Waals surface area contributed by atoms with Crippen LogP contribution in [-0.2, 0) is 0 Å². The third-order valence-electron chi connectivity index (χ3n) is 11.8. The lowest BCUT2D eigenvalue weighted by Crippen LogP contribution is -2.33. The van der Waals surface area contributed by atoms with E-state index in [1.54, 1.807) is 0 Å². The number of fused-ring (bicyclic) bond motifs is 6. The molecule has 1 aromatic heterocycles. The van der Waals surface area contributed by atoms with Crippen LogP contribution in [0.1, 0.15) is 12.0 Å². The maximum absolute atomic E-state index is 6.67. The maximum Gasteiger partial charge on any atom is 0.143 e. The van der Waals surface area contributed by atoms with Gasteiger partial charge in [0.2, 0.25) is 0 Å². The molecular formula is C56H39NO. The minimum absolute atomic E-state index is 0.0316. The van der Waals surface area contributed by atoms with Gasteiger partial charge in [-0.05, 0) is 110 Å². The van der Waals surface area contributed by atoms with Crippen molar-refractivity contribution in [3.63, 3.8) is 0 Å². The second-order valence-corrected chi connectivity index (χ2v) is 15.2. The predicted molar refractivity (Wildman–Crippen MR) is 246 cm³/mol. The topological polar surface area (TPSA) is 16.4 Å². The first kappa shape index (κ1) is 33.9. The number of benzene rings is 9. The van der Waals surface area contributed by atoms with Crippen molar-refractivity contribution in [1.82, 2.24) is 0 Å². The van der Waals surface area contributed by atoms with Gasteiger partial charge in [-0.25, -0.2) is 0 Å². The number of rotatable bonds is 7. The van der Waals surface area contributed by atoms with Crippen molar-refractivity contribution < 1.29 is 4.42 Å². The Kier molecular flexibility index (Phi) is 8.33. The standard InChI is InChI=1S/C56H39NO/c1-2-13-38(14-3-1)39-27-32-45(33-28-39)57(46-34-29-40(30-35-46)43-18-10-19-44(37-43)48-23-11-17-41-15-4-6-20-47(41)48)53-25-9-8-22-50(53)51-24-12-26-54-55(51)52-36-31-42-16-5-7-21-49(42)56(52)58-54/h1-24,26-37,53H,25H2. The summed E-state index contributed by atoms with van der Waals surface area (Å²) in [6.45, 7) is 0. The van der Waals surface area contributed by atoms with Gasteiger partial charge in [0.25, 0.3) is 0 Å². The zero-order valence-corrected chi connectivity index (χ0v) is 31.9. The second-order valence-electron chi connectivity index (χ2n) is 15.2. The van der Waals surface area contributed by atoms with Gasteiger partial charge < -0.3 is 9.32 Å². The molecule has 0 bridgehead atoms. The molecule has 1 aliphatic carbocycles. The summed E-state index contributed by atoms with van der Waals surface area (Å²) in [5.41, 5.74) is 13.9. The van der Waals surface area contributed by atoms with E-state index in [2.05, 4.69) is 223 Å². The van der Waals surface area contributed by atoms with Crippen LogP contribution in [0.15, 0.2) is 223 Å². The van der Waals surface area contributed by atoms with Crippen LogP contribution in [-0.4, -0.2) is 6.04 Å². The Morgan fingerprint density at radius 3 is 1.81 bits per heavy atom. The molecule has 0 fully saturated rings. The molecule has 1 unspecified atom stereocenters. The number of allylic oxidation sites excluding steroid dienone is 2. The van der Waals surface area contributed by atoms with E-state index >= 15 is 0 Å². The molecule has 2 heteroatoms. The molecule has 1 aliphatic rings. The Morgan fingerprint density at radius 2 is 1.02 bits per heavy atom. The van der Waals surface area contributed by atoms with E-state index in [1.807, 2.05) is 0 Å². The van der Waals surface area contributed by atoms with Crippen LogP contribution in [0.25, 0.3) is 82.4 Å². The number of hydrogen-bond donors (Lipinski definition) is 0. The number of furan rings is 1. The first-order chi connectivity index (χ1) is 28.8. The molecule has 1 atom stereocenters. The van der Waals surface area contributed by atoms with E-state index in [-0.39, 0.29) is 6.04 Å². The van der Waals surface area contributed by atoms with Crippen molar-refractivity contribution in [2.75, 3.05) is 4.90 Å². The SMILES string of the molecule is C1=CCC(N(c2ccc(-c3ccccc3)cc2)c2ccc(-c3cccc(-c4cccc5ccccc45)c3)cc2)C(c2cccc3oc4c5ccccc5ccc4c23)=C1. The van der Waals surface area contributed by atoms with Crippen molar-refractivity contribution in [2.45, 2.75) is 12.5 Å². The summed E-state index contributed by atoms with van der Waals surface area (Å²) in [6, 6.07) is 72.4. The van der Waals surface area contributed by atoms with Crippen LogP contribution in [0.4, 0.5) is 11.4 Å². The summed E-state index contributed by atoms with van der Waals surface area (Å²) in [4.78, 5) is 2.52. The largest absolute Gasteiger partial charge is 0.455 e. The Balaban J connectivity index is 1.02. The predicted octanol–water partition coefficient (Wildman–Crippen LogP) is 15.4. The molecule has 58 heavy (non-hydrogen) atoms. The molecule has 2 nitrogen and oxygen atoms in total. The molecule has 10 aromatic rings. The summed E-state index contributed by atoms with van der Waals surface area (Å²) >= 11 is 0. The molecular weight excluding hydrogens is 703 g/mol. The van der Waals surface area contributed by atoms with Crippen LogP contribution in [0, 0.1) is 0 Å². The average Bonchev–Trinajstić information content (AvgIpc) is 3.70. The molecule has 11 rings (SSSR count). The van der Waals surface area contributed by atoms with Crippen LogP contribution >= 0.6 is 0 Å². The van der Waals surface area contributed by atoms with Gasteiger partial charge in [-0.2, -0.15) is 0 Å². The quantitative estimate of drug-likeness (QED) is 0.162. The van der Waals surface area contributed by atoms with Gasteiger partial charge in [-0.15, -0.1) is 0 Å². The zero-order chi connectivity index (χ0) is 38.4. The molecule has 9 aromatic carbocycles. The Labute approximate surface area is 338 Å². The lowest BCUT2D eigenvalue weighted by molar-refractivity contribution is 0.672. The zero-order valence-electron chi connectivity index (χ0n) is 31.9. The molecule has 0 N–H and O–H groups in total. The monoisotopic (exact) mass is 741 g/mol. The van der Waals surface area contributed by atoms with Gasteiger partial charge in [-0.3, -0.25) is 0 Å². The summed E-state index contributed by atoms with van der Waals surface area (Å²) in [7, 11) is 0. The van der Waals surface area contributed by atoms with E-state index in [1.165, 1.54) is 60.7 Å². The number of anilines is 2. The van der Waals surface area contributed by atoms with E-state index in [0.29, 0.717) is 0 Å². The molecule has 0 aliphatic heterocycles. The van der Waals surface area contributed by atoms with E-state index in [0.717, 1.165) is 45.1 Å². The highest BCUT2D eigenvalue weighted by Gasteiger charge is 2.28. The summed E-state index contributed by atoms with van der Waals surface area (Å²) in [6.07, 6.45) is 7.68. The Hall–Kier alpha value is -7.42. The molecule has 0 saturated heterocycles. The average molecular weight is 742 g/mol. The van der Waals surface area contributed by atoms with Gasteiger partial charge >= 0.3 is 0 Å². The molecule has 0 saturated carbocycles. The minimum atomic E-state index is 0.0316. The smallest absolute Gasteiger partial charge is 0.143 e. The van der Waals surface area contributed by atoms with Gasteiger partial charge in [0, 0.05) is 27.5 Å². The lowest BCUT2D eigenvalue weighted by Gasteiger charge is -2.37. The molecule has 274 valence electrons. The Morgan fingerprint density at radius 1 is 0.431 bits per heavy atom. The van der Waals surface area contributed by atoms with Gasteiger partial charge in [0.1, 0.15) is 11.2 Å². The first-order valence-electron chi connectivity index (χ1n) is 20.1. The van der Waals surface area contributed by atoms with Gasteiger partial charge in [0.15, 0.2) is 0 Å². The van der Waals surface area contributed by atoms with E-state index in [4.69, 9.17) is 4.42 Å². The van der Waals surface area contributed by atoms with Crippen LogP contribution in [0.5, 0.6) is 0 Å². The number of hydrogen-bond acceptors (Lipinski definition) is 2. The lowest BCUT2D eigenvalue weighted by atomic mass is 9.87. The van der Waals surface area contributed by atoms with Crippen LogP contribution in [0.2, 0.25) is 0 Å². The fraction of sp³-hybridized carbons (Fsp3) is 0.0357. The van der Waals surface area contributed by atoms with Crippen molar-refractivity contribution >= 4 is 60.4 Å². The van der Waals surface area contributed by atoms with E-state index < -0.39 is 0 Å².